The maximum atomic E-state index is 13.2. The number of para-hydroxylation sites is 2. The molecule has 3 rings (SSSR count). The molecule has 2 aromatic carbocycles. The Morgan fingerprint density at radius 1 is 1.03 bits per heavy atom. The fraction of sp³-hybridized carbons (Fsp3) is 0.273. The van der Waals surface area contributed by atoms with Gasteiger partial charge in [-0.2, -0.15) is 13.2 Å². The van der Waals surface area contributed by atoms with Gasteiger partial charge < -0.3 is 10.1 Å². The predicted octanol–water partition coefficient (Wildman–Crippen LogP) is 4.40. The summed E-state index contributed by atoms with van der Waals surface area (Å²) in [4.78, 5) is 41.0. The number of anilines is 2. The van der Waals surface area contributed by atoms with Gasteiger partial charge in [-0.05, 0) is 51.1 Å². The van der Waals surface area contributed by atoms with E-state index in [-0.39, 0.29) is 11.4 Å². The third-order valence-corrected chi connectivity index (χ3v) is 4.31. The third-order valence-electron chi connectivity index (χ3n) is 4.31. The number of carbonyl (C=O) groups is 2. The van der Waals surface area contributed by atoms with Crippen LogP contribution in [-0.4, -0.2) is 27.2 Å². The molecule has 11 heteroatoms. The number of nitrogens with one attached hydrogen (secondary N) is 2. The molecule has 0 unspecified atom stereocenters. The van der Waals surface area contributed by atoms with Gasteiger partial charge in [-0.1, -0.05) is 12.1 Å². The molecule has 0 bridgehead atoms. The number of fused-ring (bicyclic) bond motifs is 1. The zero-order valence-electron chi connectivity index (χ0n) is 18.0. The van der Waals surface area contributed by atoms with Crippen LogP contribution < -0.4 is 16.2 Å². The van der Waals surface area contributed by atoms with Gasteiger partial charge in [0.2, 0.25) is 5.91 Å². The number of rotatable bonds is 4. The lowest BCUT2D eigenvalue weighted by molar-refractivity contribution is -0.137. The van der Waals surface area contributed by atoms with Crippen LogP contribution in [0.3, 0.4) is 0 Å². The zero-order chi connectivity index (χ0) is 24.4. The Morgan fingerprint density at radius 3 is 2.39 bits per heavy atom. The summed E-state index contributed by atoms with van der Waals surface area (Å²) < 4.78 is 45.9. The van der Waals surface area contributed by atoms with Crippen molar-refractivity contribution in [2.45, 2.75) is 39.1 Å². The van der Waals surface area contributed by atoms with Crippen LogP contribution in [0, 0.1) is 0 Å². The van der Waals surface area contributed by atoms with E-state index in [1.165, 1.54) is 0 Å². The van der Waals surface area contributed by atoms with E-state index in [1.54, 1.807) is 45.0 Å². The monoisotopic (exact) mass is 462 g/mol. The Labute approximate surface area is 186 Å². The molecule has 1 aromatic heterocycles. The molecular weight excluding hydrogens is 441 g/mol. The molecule has 3 aromatic rings. The molecule has 0 spiro atoms. The van der Waals surface area contributed by atoms with Gasteiger partial charge in [-0.15, -0.1) is 0 Å². The Kier molecular flexibility index (Phi) is 6.43. The first-order valence-electron chi connectivity index (χ1n) is 9.79. The Morgan fingerprint density at radius 2 is 1.73 bits per heavy atom. The summed E-state index contributed by atoms with van der Waals surface area (Å²) in [6, 6.07) is 9.09. The van der Waals surface area contributed by atoms with E-state index < -0.39 is 41.4 Å². The highest BCUT2D eigenvalue weighted by Gasteiger charge is 2.31. The first-order chi connectivity index (χ1) is 15.3. The quantitative estimate of drug-likeness (QED) is 0.598. The Bertz CT molecular complexity index is 1260. The summed E-state index contributed by atoms with van der Waals surface area (Å²) in [6.45, 7) is 4.39. The topological polar surface area (TPSA) is 102 Å². The number of nitrogens with zero attached hydrogens (tertiary/aromatic N) is 2. The minimum Gasteiger partial charge on any atom is -0.444 e. The zero-order valence-corrected chi connectivity index (χ0v) is 18.0. The second kappa shape index (κ2) is 8.93. The minimum atomic E-state index is -4.68. The number of aromatic nitrogens is 2. The lowest BCUT2D eigenvalue weighted by Crippen LogP contribution is -2.29. The highest BCUT2D eigenvalue weighted by molar-refractivity contribution is 5.98. The number of hydrogen-bond acceptors (Lipinski definition) is 5. The summed E-state index contributed by atoms with van der Waals surface area (Å²) in [5.41, 5.74) is -1.97. The van der Waals surface area contributed by atoms with Gasteiger partial charge in [0.15, 0.2) is 0 Å². The first-order valence-corrected chi connectivity index (χ1v) is 9.79. The molecule has 174 valence electrons. The average molecular weight is 462 g/mol. The van der Waals surface area contributed by atoms with Crippen molar-refractivity contribution in [2.75, 3.05) is 10.6 Å². The standard InChI is InChI=1S/C22H21F3N4O4/c1-21(2,3)33-20(32)28-14-9-8-13(22(23,24)25)10-16(14)27-18(30)12-29-17-7-5-4-6-15(17)26-11-19(29)31/h4-11H,12H2,1-3H3,(H,27,30)(H,28,32). The van der Waals surface area contributed by atoms with Crippen LogP contribution in [0.4, 0.5) is 29.3 Å². The molecule has 0 saturated heterocycles. The summed E-state index contributed by atoms with van der Waals surface area (Å²) in [6.07, 6.45) is -4.54. The van der Waals surface area contributed by atoms with Crippen LogP contribution in [0.15, 0.2) is 53.5 Å². The normalized spacial score (nSPS) is 11.8. The summed E-state index contributed by atoms with van der Waals surface area (Å²) >= 11 is 0. The van der Waals surface area contributed by atoms with Crippen molar-refractivity contribution in [3.8, 4) is 0 Å². The predicted molar refractivity (Wildman–Crippen MR) is 116 cm³/mol. The van der Waals surface area contributed by atoms with Crippen molar-refractivity contribution < 1.29 is 27.5 Å². The number of amides is 2. The summed E-state index contributed by atoms with van der Waals surface area (Å²) in [5.74, 6) is -0.778. The number of alkyl halides is 3. The van der Waals surface area contributed by atoms with Crippen LogP contribution in [0.2, 0.25) is 0 Å². The SMILES string of the molecule is CC(C)(C)OC(=O)Nc1ccc(C(F)(F)F)cc1NC(=O)Cn1c(=O)cnc2ccccc21. The van der Waals surface area contributed by atoms with Crippen molar-refractivity contribution in [3.05, 3.63) is 64.6 Å². The van der Waals surface area contributed by atoms with E-state index in [0.717, 1.165) is 22.9 Å². The van der Waals surface area contributed by atoms with Crippen LogP contribution >= 0.6 is 0 Å². The maximum Gasteiger partial charge on any atom is 0.416 e. The minimum absolute atomic E-state index is 0.0995. The highest BCUT2D eigenvalue weighted by atomic mass is 19.4. The lowest BCUT2D eigenvalue weighted by Gasteiger charge is -2.21. The summed E-state index contributed by atoms with van der Waals surface area (Å²) in [5, 5.41) is 4.68. The molecule has 2 amide bonds. The molecule has 0 atom stereocenters. The molecular formula is C22H21F3N4O4. The number of hydrogen-bond donors (Lipinski definition) is 2. The number of benzene rings is 2. The van der Waals surface area contributed by atoms with Crippen LogP contribution in [0.1, 0.15) is 26.3 Å². The van der Waals surface area contributed by atoms with E-state index in [4.69, 9.17) is 4.74 Å². The van der Waals surface area contributed by atoms with Crippen LogP contribution in [0.5, 0.6) is 0 Å². The number of halogens is 3. The third kappa shape index (κ3) is 6.09. The van der Waals surface area contributed by atoms with Gasteiger partial charge in [-0.3, -0.25) is 19.5 Å². The lowest BCUT2D eigenvalue weighted by atomic mass is 10.1. The van der Waals surface area contributed by atoms with Gasteiger partial charge in [0, 0.05) is 0 Å². The molecule has 0 radical (unpaired) electrons. The molecule has 2 N–H and O–H groups in total. The Balaban J connectivity index is 1.91. The van der Waals surface area contributed by atoms with Gasteiger partial charge in [-0.25, -0.2) is 9.78 Å². The average Bonchev–Trinajstić information content (AvgIpc) is 2.69. The smallest absolute Gasteiger partial charge is 0.416 e. The fourth-order valence-electron chi connectivity index (χ4n) is 2.96. The van der Waals surface area contributed by atoms with Crippen LogP contribution in [0.25, 0.3) is 11.0 Å². The molecule has 0 fully saturated rings. The first kappa shape index (κ1) is 23.8. The number of carbonyl (C=O) groups excluding carboxylic acids is 2. The van der Waals surface area contributed by atoms with Crippen molar-refractivity contribution in [2.24, 2.45) is 0 Å². The van der Waals surface area contributed by atoms with Gasteiger partial charge in [0.05, 0.1) is 34.2 Å². The van der Waals surface area contributed by atoms with E-state index >= 15 is 0 Å². The Hall–Kier alpha value is -3.89. The number of ether oxygens (including phenoxy) is 1. The van der Waals surface area contributed by atoms with E-state index in [1.807, 2.05) is 0 Å². The van der Waals surface area contributed by atoms with Crippen LogP contribution in [-0.2, 0) is 22.3 Å². The van der Waals surface area contributed by atoms with Crippen molar-refractivity contribution in [1.29, 1.82) is 0 Å². The molecule has 0 saturated carbocycles. The largest absolute Gasteiger partial charge is 0.444 e. The van der Waals surface area contributed by atoms with E-state index in [2.05, 4.69) is 15.6 Å². The molecule has 8 nitrogen and oxygen atoms in total. The summed E-state index contributed by atoms with van der Waals surface area (Å²) in [7, 11) is 0. The van der Waals surface area contributed by atoms with Crippen molar-refractivity contribution in [3.63, 3.8) is 0 Å². The van der Waals surface area contributed by atoms with Gasteiger partial charge >= 0.3 is 12.3 Å². The molecule has 0 aliphatic carbocycles. The van der Waals surface area contributed by atoms with Gasteiger partial charge in [0.1, 0.15) is 12.1 Å². The molecule has 1 heterocycles. The van der Waals surface area contributed by atoms with E-state index in [9.17, 15) is 27.6 Å². The van der Waals surface area contributed by atoms with Gasteiger partial charge in [0.25, 0.3) is 5.56 Å². The molecule has 0 aliphatic rings. The molecule has 33 heavy (non-hydrogen) atoms. The van der Waals surface area contributed by atoms with Crippen molar-refractivity contribution in [1.82, 2.24) is 9.55 Å². The van der Waals surface area contributed by atoms with Crippen molar-refractivity contribution >= 4 is 34.4 Å². The fourth-order valence-corrected chi connectivity index (χ4v) is 2.96. The highest BCUT2D eigenvalue weighted by Crippen LogP contribution is 2.34. The second-order valence-corrected chi connectivity index (χ2v) is 8.10. The molecule has 0 aliphatic heterocycles. The van der Waals surface area contributed by atoms with E-state index in [0.29, 0.717) is 17.1 Å². The second-order valence-electron chi connectivity index (χ2n) is 8.10. The maximum absolute atomic E-state index is 13.2.